The minimum absolute atomic E-state index is 0.0505. The van der Waals surface area contributed by atoms with Crippen molar-refractivity contribution in [2.45, 2.75) is 17.7 Å². The van der Waals surface area contributed by atoms with Crippen molar-refractivity contribution in [3.8, 4) is 11.5 Å². The fourth-order valence-corrected chi connectivity index (χ4v) is 4.81. The van der Waals surface area contributed by atoms with Crippen LogP contribution in [0, 0.1) is 0 Å². The molecule has 10 heteroatoms. The first-order chi connectivity index (χ1) is 15.4. The highest BCUT2D eigenvalue weighted by Crippen LogP contribution is 2.32. The molecular formula is C22H20N2O6S2. The molecule has 0 bridgehead atoms. The van der Waals surface area contributed by atoms with E-state index in [0.717, 1.165) is 0 Å². The molecule has 0 saturated carbocycles. The molecule has 0 radical (unpaired) electrons. The molecular weight excluding hydrogens is 452 g/mol. The van der Waals surface area contributed by atoms with Crippen LogP contribution in [-0.2, 0) is 14.8 Å². The molecule has 1 amide bonds. The van der Waals surface area contributed by atoms with Gasteiger partial charge in [-0.25, -0.2) is 8.42 Å². The van der Waals surface area contributed by atoms with Gasteiger partial charge in [0.25, 0.3) is 10.0 Å². The van der Waals surface area contributed by atoms with Gasteiger partial charge in [0.15, 0.2) is 17.3 Å². The minimum Gasteiger partial charge on any atom is -0.486 e. The van der Waals surface area contributed by atoms with Crippen LogP contribution in [0.15, 0.2) is 64.9 Å². The van der Waals surface area contributed by atoms with E-state index >= 15 is 0 Å². The van der Waals surface area contributed by atoms with Crippen LogP contribution in [0.25, 0.3) is 0 Å². The molecule has 3 aromatic rings. The molecule has 2 heterocycles. The summed E-state index contributed by atoms with van der Waals surface area (Å²) in [5.74, 6) is 0.528. The van der Waals surface area contributed by atoms with Crippen LogP contribution in [-0.4, -0.2) is 33.3 Å². The molecule has 0 aliphatic carbocycles. The third kappa shape index (κ3) is 5.27. The van der Waals surface area contributed by atoms with Gasteiger partial charge in [-0.3, -0.25) is 14.3 Å². The first-order valence-electron chi connectivity index (χ1n) is 9.80. The third-order valence-electron chi connectivity index (χ3n) is 4.62. The first kappa shape index (κ1) is 21.8. The Balaban J connectivity index is 1.34. The Bertz CT molecular complexity index is 1220. The van der Waals surface area contributed by atoms with Crippen LogP contribution in [0.2, 0.25) is 0 Å². The van der Waals surface area contributed by atoms with Gasteiger partial charge in [0.1, 0.15) is 13.2 Å². The van der Waals surface area contributed by atoms with Crippen molar-refractivity contribution < 1.29 is 27.5 Å². The number of sulfonamides is 1. The average Bonchev–Trinajstić information content (AvgIpc) is 3.33. The molecule has 1 aromatic heterocycles. The van der Waals surface area contributed by atoms with Gasteiger partial charge >= 0.3 is 0 Å². The number of carbonyl (C=O) groups excluding carboxylic acids is 2. The molecule has 0 atom stereocenters. The maximum atomic E-state index is 12.7. The zero-order valence-corrected chi connectivity index (χ0v) is 18.5. The molecule has 0 unspecified atom stereocenters. The fourth-order valence-electron chi connectivity index (χ4n) is 3.04. The quantitative estimate of drug-likeness (QED) is 0.481. The van der Waals surface area contributed by atoms with Crippen LogP contribution in [0.3, 0.4) is 0 Å². The Labute approximate surface area is 189 Å². The highest BCUT2D eigenvalue weighted by Gasteiger charge is 2.19. The van der Waals surface area contributed by atoms with E-state index in [0.29, 0.717) is 41.0 Å². The van der Waals surface area contributed by atoms with Crippen molar-refractivity contribution in [3.63, 3.8) is 0 Å². The van der Waals surface area contributed by atoms with Gasteiger partial charge in [0.2, 0.25) is 5.91 Å². The van der Waals surface area contributed by atoms with Crippen molar-refractivity contribution in [2.75, 3.05) is 23.3 Å². The van der Waals surface area contributed by atoms with Crippen LogP contribution in [0.4, 0.5) is 11.4 Å². The second-order valence-corrected chi connectivity index (χ2v) is 9.57. The number of carbonyl (C=O) groups is 2. The number of anilines is 2. The molecule has 8 nitrogen and oxygen atoms in total. The lowest BCUT2D eigenvalue weighted by Crippen LogP contribution is -2.17. The summed E-state index contributed by atoms with van der Waals surface area (Å²) in [4.78, 5) is 24.8. The molecule has 32 heavy (non-hydrogen) atoms. The highest BCUT2D eigenvalue weighted by atomic mass is 32.2. The molecule has 2 N–H and O–H groups in total. The summed E-state index contributed by atoms with van der Waals surface area (Å²) < 4.78 is 38.7. The number of hydrogen-bond donors (Lipinski definition) is 2. The molecule has 0 fully saturated rings. The lowest BCUT2D eigenvalue weighted by Gasteiger charge is -2.19. The fraction of sp³-hybridized carbons (Fsp3) is 0.182. The summed E-state index contributed by atoms with van der Waals surface area (Å²) >= 11 is 1.35. The average molecular weight is 473 g/mol. The van der Waals surface area contributed by atoms with E-state index < -0.39 is 10.0 Å². The summed E-state index contributed by atoms with van der Waals surface area (Å²) in [5.41, 5.74) is 0.839. The second-order valence-electron chi connectivity index (χ2n) is 6.94. The van der Waals surface area contributed by atoms with E-state index in [2.05, 4.69) is 10.0 Å². The zero-order chi connectivity index (χ0) is 22.6. The number of thiophene rings is 1. The van der Waals surface area contributed by atoms with E-state index in [1.807, 2.05) is 5.38 Å². The van der Waals surface area contributed by atoms with Gasteiger partial charge in [0.05, 0.1) is 9.77 Å². The van der Waals surface area contributed by atoms with E-state index in [4.69, 9.17) is 9.47 Å². The molecule has 0 spiro atoms. The predicted molar refractivity (Wildman–Crippen MR) is 121 cm³/mol. The van der Waals surface area contributed by atoms with Gasteiger partial charge in [-0.2, -0.15) is 0 Å². The maximum Gasteiger partial charge on any atom is 0.262 e. The van der Waals surface area contributed by atoms with Crippen molar-refractivity contribution in [1.29, 1.82) is 0 Å². The topological polar surface area (TPSA) is 111 Å². The van der Waals surface area contributed by atoms with E-state index in [-0.39, 0.29) is 29.4 Å². The summed E-state index contributed by atoms with van der Waals surface area (Å²) in [6.45, 7) is 0.782. The zero-order valence-electron chi connectivity index (χ0n) is 16.9. The Kier molecular flexibility index (Phi) is 6.42. The molecule has 1 aliphatic rings. The monoisotopic (exact) mass is 472 g/mol. The standard InChI is InChI=1S/C22H20N2O6S2/c25-18(21-2-1-13-31-21)8-10-22(26)23-15-3-5-16(6-4-15)24-32(27,28)17-7-9-19-20(14-17)30-12-11-29-19/h1-7,9,13-14,24H,8,10-12H2,(H,23,26). The Morgan fingerprint density at radius 3 is 2.34 bits per heavy atom. The Morgan fingerprint density at radius 2 is 1.62 bits per heavy atom. The number of nitrogens with one attached hydrogen (secondary N) is 2. The number of ketones is 1. The van der Waals surface area contributed by atoms with Gasteiger partial charge < -0.3 is 14.8 Å². The lowest BCUT2D eigenvalue weighted by atomic mass is 10.2. The smallest absolute Gasteiger partial charge is 0.262 e. The van der Waals surface area contributed by atoms with Crippen molar-refractivity contribution >= 4 is 44.4 Å². The second kappa shape index (κ2) is 9.41. The molecule has 1 aliphatic heterocycles. The van der Waals surface area contributed by atoms with Crippen LogP contribution in [0.5, 0.6) is 11.5 Å². The van der Waals surface area contributed by atoms with Crippen molar-refractivity contribution in [2.24, 2.45) is 0 Å². The Hall–Kier alpha value is -3.37. The SMILES string of the molecule is O=C(CCC(=O)c1cccs1)Nc1ccc(NS(=O)(=O)c2ccc3c(c2)OCCO3)cc1. The van der Waals surface area contributed by atoms with Gasteiger partial charge in [0, 0.05) is 30.3 Å². The number of rotatable bonds is 8. The van der Waals surface area contributed by atoms with E-state index in [9.17, 15) is 18.0 Å². The largest absolute Gasteiger partial charge is 0.486 e. The normalized spacial score (nSPS) is 12.8. The van der Waals surface area contributed by atoms with Crippen molar-refractivity contribution in [3.05, 3.63) is 64.9 Å². The molecule has 4 rings (SSSR count). The molecule has 166 valence electrons. The number of hydrogen-bond acceptors (Lipinski definition) is 7. The molecule has 2 aromatic carbocycles. The third-order valence-corrected chi connectivity index (χ3v) is 6.91. The summed E-state index contributed by atoms with van der Waals surface area (Å²) in [6, 6.07) is 14.2. The highest BCUT2D eigenvalue weighted by molar-refractivity contribution is 7.92. The maximum absolute atomic E-state index is 12.7. The van der Waals surface area contributed by atoms with E-state index in [1.165, 1.54) is 23.5 Å². The van der Waals surface area contributed by atoms with Crippen LogP contribution in [0.1, 0.15) is 22.5 Å². The van der Waals surface area contributed by atoms with Gasteiger partial charge in [-0.1, -0.05) is 6.07 Å². The number of fused-ring (bicyclic) bond motifs is 1. The lowest BCUT2D eigenvalue weighted by molar-refractivity contribution is -0.116. The number of amides is 1. The molecule has 0 saturated heterocycles. The summed E-state index contributed by atoms with van der Waals surface area (Å²) in [5, 5.41) is 4.52. The first-order valence-corrected chi connectivity index (χ1v) is 12.2. The predicted octanol–water partition coefficient (Wildman–Crippen LogP) is 3.92. The van der Waals surface area contributed by atoms with E-state index in [1.54, 1.807) is 42.5 Å². The summed E-state index contributed by atoms with van der Waals surface area (Å²) in [7, 11) is -3.83. The number of Topliss-reactive ketones (excluding diaryl/α,β-unsaturated/α-hetero) is 1. The van der Waals surface area contributed by atoms with Crippen molar-refractivity contribution in [1.82, 2.24) is 0 Å². The van der Waals surface area contributed by atoms with Gasteiger partial charge in [-0.15, -0.1) is 11.3 Å². The number of benzene rings is 2. The Morgan fingerprint density at radius 1 is 0.906 bits per heavy atom. The van der Waals surface area contributed by atoms with Gasteiger partial charge in [-0.05, 0) is 47.8 Å². The number of ether oxygens (including phenoxy) is 2. The van der Waals surface area contributed by atoms with Crippen LogP contribution < -0.4 is 19.5 Å². The summed E-state index contributed by atoms with van der Waals surface area (Å²) in [6.07, 6.45) is 0.189. The van der Waals surface area contributed by atoms with Crippen LogP contribution >= 0.6 is 11.3 Å². The minimum atomic E-state index is -3.83.